The molecule has 10 heteroatoms. The van der Waals surface area contributed by atoms with Crippen molar-refractivity contribution in [3.63, 3.8) is 0 Å². The van der Waals surface area contributed by atoms with Crippen LogP contribution in [0.4, 0.5) is 13.2 Å². The van der Waals surface area contributed by atoms with Crippen molar-refractivity contribution in [1.29, 1.82) is 0 Å². The van der Waals surface area contributed by atoms with E-state index in [1.54, 1.807) is 36.9 Å². The van der Waals surface area contributed by atoms with E-state index >= 15 is 0 Å². The first kappa shape index (κ1) is 23.2. The van der Waals surface area contributed by atoms with Crippen LogP contribution < -0.4 is 5.32 Å². The molecular weight excluding hydrogens is 449 g/mol. The van der Waals surface area contributed by atoms with E-state index in [-0.39, 0.29) is 31.2 Å². The van der Waals surface area contributed by atoms with Crippen LogP contribution in [0.1, 0.15) is 38.6 Å². The Balaban J connectivity index is 1.44. The molecule has 34 heavy (non-hydrogen) atoms. The molecule has 0 saturated carbocycles. The number of halogens is 3. The van der Waals surface area contributed by atoms with Gasteiger partial charge in [-0.25, -0.2) is 4.98 Å². The number of pyridine rings is 1. The summed E-state index contributed by atoms with van der Waals surface area (Å²) in [5.41, 5.74) is 1.57. The van der Waals surface area contributed by atoms with Gasteiger partial charge >= 0.3 is 6.18 Å². The third-order valence-corrected chi connectivity index (χ3v) is 4.97. The fourth-order valence-corrected chi connectivity index (χ4v) is 3.37. The van der Waals surface area contributed by atoms with Crippen molar-refractivity contribution < 1.29 is 26.8 Å². The normalized spacial score (nSPS) is 11.6. The highest BCUT2D eigenvalue weighted by molar-refractivity contribution is 5.91. The van der Waals surface area contributed by atoms with E-state index < -0.39 is 17.6 Å². The molecule has 7 nitrogen and oxygen atoms in total. The second-order valence-corrected chi connectivity index (χ2v) is 7.65. The summed E-state index contributed by atoms with van der Waals surface area (Å²) in [6.45, 7) is 1.06. The number of nitrogens with zero attached hydrogens (tertiary/aromatic N) is 3. The highest BCUT2D eigenvalue weighted by Crippen LogP contribution is 2.30. The lowest BCUT2D eigenvalue weighted by atomic mass is 10.1. The second kappa shape index (κ2) is 10.3. The fraction of sp³-hybridized carbons (Fsp3) is 0.208. The zero-order chi connectivity index (χ0) is 24.0. The van der Waals surface area contributed by atoms with Crippen LogP contribution in [0, 0.1) is 0 Å². The molecule has 1 aromatic carbocycles. The van der Waals surface area contributed by atoms with E-state index in [9.17, 15) is 18.0 Å². The number of amides is 1. The molecule has 0 aliphatic heterocycles. The zero-order valence-electron chi connectivity index (χ0n) is 18.0. The summed E-state index contributed by atoms with van der Waals surface area (Å²) < 4.78 is 49.9. The molecule has 0 aliphatic carbocycles. The average Bonchev–Trinajstić information content (AvgIpc) is 3.50. The Morgan fingerprint density at radius 1 is 1.00 bits per heavy atom. The predicted molar refractivity (Wildman–Crippen MR) is 115 cm³/mol. The molecule has 1 amide bonds. The van der Waals surface area contributed by atoms with Gasteiger partial charge in [-0.15, -0.1) is 0 Å². The number of carbonyl (C=O) groups is 1. The Hall–Kier alpha value is -3.92. The molecule has 0 spiro atoms. The minimum atomic E-state index is -4.42. The number of carbonyl (C=O) groups excluding carboxylic acids is 1. The standard InChI is InChI=1S/C24H21F3N4O3/c25-24(26,27)20-5-1-3-17(9-20)12-31(13-19-6-8-33-15-19)14-22-30-21(16-34-22)23(32)29-11-18-4-2-7-28-10-18/h1-10,15-16H,11-14H2,(H,29,32). The molecule has 176 valence electrons. The highest BCUT2D eigenvalue weighted by Gasteiger charge is 2.30. The molecular formula is C24H21F3N4O3. The summed E-state index contributed by atoms with van der Waals surface area (Å²) in [4.78, 5) is 22.5. The summed E-state index contributed by atoms with van der Waals surface area (Å²) >= 11 is 0. The molecule has 0 bridgehead atoms. The third-order valence-electron chi connectivity index (χ3n) is 4.97. The maximum absolute atomic E-state index is 13.1. The Morgan fingerprint density at radius 3 is 2.56 bits per heavy atom. The molecule has 0 unspecified atom stereocenters. The summed E-state index contributed by atoms with van der Waals surface area (Å²) in [5, 5.41) is 2.74. The number of benzene rings is 1. The molecule has 0 atom stereocenters. The van der Waals surface area contributed by atoms with Crippen molar-refractivity contribution in [1.82, 2.24) is 20.2 Å². The van der Waals surface area contributed by atoms with E-state index in [1.165, 1.54) is 18.6 Å². The summed E-state index contributed by atoms with van der Waals surface area (Å²) in [7, 11) is 0. The van der Waals surface area contributed by atoms with Crippen LogP contribution in [0.5, 0.6) is 0 Å². The molecule has 4 aromatic rings. The first-order valence-electron chi connectivity index (χ1n) is 10.4. The number of oxazole rings is 1. The zero-order valence-corrected chi connectivity index (χ0v) is 18.0. The van der Waals surface area contributed by atoms with E-state index in [0.717, 1.165) is 23.3 Å². The number of hydrogen-bond acceptors (Lipinski definition) is 6. The van der Waals surface area contributed by atoms with Gasteiger partial charge in [-0.2, -0.15) is 13.2 Å². The largest absolute Gasteiger partial charge is 0.472 e. The number of rotatable bonds is 9. The van der Waals surface area contributed by atoms with Crippen LogP contribution in [0.2, 0.25) is 0 Å². The minimum absolute atomic E-state index is 0.112. The van der Waals surface area contributed by atoms with Gasteiger partial charge in [-0.05, 0) is 29.3 Å². The smallest absolute Gasteiger partial charge is 0.416 e. The molecule has 1 N–H and O–H groups in total. The van der Waals surface area contributed by atoms with Gasteiger partial charge in [0.15, 0.2) is 5.69 Å². The lowest BCUT2D eigenvalue weighted by Crippen LogP contribution is -2.24. The number of alkyl halides is 3. The molecule has 0 aliphatic rings. The fourth-order valence-electron chi connectivity index (χ4n) is 3.37. The van der Waals surface area contributed by atoms with E-state index in [0.29, 0.717) is 12.1 Å². The topological polar surface area (TPSA) is 84.4 Å². The van der Waals surface area contributed by atoms with Crippen molar-refractivity contribution >= 4 is 5.91 Å². The van der Waals surface area contributed by atoms with Gasteiger partial charge < -0.3 is 14.2 Å². The maximum atomic E-state index is 13.1. The van der Waals surface area contributed by atoms with Gasteiger partial charge in [0.2, 0.25) is 5.89 Å². The minimum Gasteiger partial charge on any atom is -0.472 e. The van der Waals surface area contributed by atoms with Crippen molar-refractivity contribution in [2.45, 2.75) is 32.4 Å². The summed E-state index contributed by atoms with van der Waals surface area (Å²) in [5.74, 6) is -0.139. The van der Waals surface area contributed by atoms with Gasteiger partial charge in [0.05, 0.1) is 24.6 Å². The monoisotopic (exact) mass is 470 g/mol. The molecule has 3 aromatic heterocycles. The molecule has 0 fully saturated rings. The summed E-state index contributed by atoms with van der Waals surface area (Å²) in [6.07, 6.45) is 3.21. The quantitative estimate of drug-likeness (QED) is 0.378. The Labute approximate surface area is 193 Å². The number of furan rings is 1. The predicted octanol–water partition coefficient (Wildman–Crippen LogP) is 4.81. The molecule has 0 saturated heterocycles. The second-order valence-electron chi connectivity index (χ2n) is 7.65. The Bertz CT molecular complexity index is 1210. The highest BCUT2D eigenvalue weighted by atomic mass is 19.4. The van der Waals surface area contributed by atoms with Crippen molar-refractivity contribution in [3.8, 4) is 0 Å². The van der Waals surface area contributed by atoms with Gasteiger partial charge in [-0.3, -0.25) is 14.7 Å². The van der Waals surface area contributed by atoms with Crippen molar-refractivity contribution in [2.24, 2.45) is 0 Å². The molecule has 3 heterocycles. The van der Waals surface area contributed by atoms with Crippen molar-refractivity contribution in [2.75, 3.05) is 0 Å². The van der Waals surface area contributed by atoms with Gasteiger partial charge in [0, 0.05) is 37.6 Å². The molecule has 0 radical (unpaired) electrons. The number of hydrogen-bond donors (Lipinski definition) is 1. The lowest BCUT2D eigenvalue weighted by molar-refractivity contribution is -0.137. The number of nitrogens with one attached hydrogen (secondary N) is 1. The van der Waals surface area contributed by atoms with Gasteiger partial charge in [-0.1, -0.05) is 24.3 Å². The Morgan fingerprint density at radius 2 is 1.82 bits per heavy atom. The maximum Gasteiger partial charge on any atom is 0.416 e. The van der Waals surface area contributed by atoms with Crippen LogP contribution >= 0.6 is 0 Å². The van der Waals surface area contributed by atoms with Crippen LogP contribution in [0.15, 0.2) is 82.5 Å². The first-order chi connectivity index (χ1) is 16.4. The van der Waals surface area contributed by atoms with Crippen LogP contribution in [-0.2, 0) is 32.4 Å². The third kappa shape index (κ3) is 6.32. The SMILES string of the molecule is O=C(NCc1cccnc1)c1coc(CN(Cc2ccoc2)Cc2cccc(C(F)(F)F)c2)n1. The van der Waals surface area contributed by atoms with E-state index in [4.69, 9.17) is 8.83 Å². The average molecular weight is 470 g/mol. The van der Waals surface area contributed by atoms with Crippen molar-refractivity contribution in [3.05, 3.63) is 107 Å². The van der Waals surface area contributed by atoms with Crippen LogP contribution in [0.25, 0.3) is 0 Å². The lowest BCUT2D eigenvalue weighted by Gasteiger charge is -2.20. The van der Waals surface area contributed by atoms with Gasteiger partial charge in [0.25, 0.3) is 5.91 Å². The number of aromatic nitrogens is 2. The van der Waals surface area contributed by atoms with Crippen LogP contribution in [0.3, 0.4) is 0 Å². The Kier molecular flexibility index (Phi) is 7.07. The van der Waals surface area contributed by atoms with Crippen LogP contribution in [-0.4, -0.2) is 20.8 Å². The molecule has 4 rings (SSSR count). The first-order valence-corrected chi connectivity index (χ1v) is 10.4. The van der Waals surface area contributed by atoms with Gasteiger partial charge in [0.1, 0.15) is 6.26 Å². The summed E-state index contributed by atoms with van der Waals surface area (Å²) in [6, 6.07) is 10.5. The van der Waals surface area contributed by atoms with E-state index in [1.807, 2.05) is 11.0 Å². The van der Waals surface area contributed by atoms with E-state index in [2.05, 4.69) is 15.3 Å².